The molecule has 2 N–H and O–H groups in total. The first-order valence-electron chi connectivity index (χ1n) is 9.40. The molecule has 0 spiro atoms. The quantitative estimate of drug-likeness (QED) is 0.261. The zero-order valence-corrected chi connectivity index (χ0v) is 19.9. The maximum absolute atomic E-state index is 11.1. The Balaban J connectivity index is 0.00000300. The van der Waals surface area contributed by atoms with Crippen LogP contribution in [0.15, 0.2) is 46.8 Å². The number of nitrogens with one attached hydrogen (secondary N) is 2. The molecule has 1 saturated heterocycles. The number of amides is 1. The second kappa shape index (κ2) is 11.9. The Morgan fingerprint density at radius 3 is 2.66 bits per heavy atom. The lowest BCUT2D eigenvalue weighted by atomic mass is 10.3. The van der Waals surface area contributed by atoms with Crippen LogP contribution in [0.25, 0.3) is 0 Å². The van der Waals surface area contributed by atoms with E-state index in [4.69, 9.17) is 4.74 Å². The molecule has 3 rings (SSSR count). The van der Waals surface area contributed by atoms with Gasteiger partial charge in [0.15, 0.2) is 5.96 Å². The maximum Gasteiger partial charge on any atom is 0.221 e. The molecule has 0 atom stereocenters. The first-order chi connectivity index (χ1) is 13.7. The summed E-state index contributed by atoms with van der Waals surface area (Å²) in [6.07, 6.45) is 0. The van der Waals surface area contributed by atoms with E-state index in [2.05, 4.69) is 42.9 Å². The standard InChI is InChI=1S/C20H27N5O2S.HI/c1-16(26)23-17-5-3-6-18(15-17)27-13-8-22-20(21-2)25-11-9-24(10-12-25)19-7-4-14-28-19;/h3-7,14-15H,8-13H2,1-2H3,(H,21,22)(H,23,26);1H. The molecule has 1 aliphatic heterocycles. The molecule has 1 aromatic carbocycles. The Labute approximate surface area is 193 Å². The van der Waals surface area contributed by atoms with Crippen molar-refractivity contribution < 1.29 is 9.53 Å². The van der Waals surface area contributed by atoms with E-state index >= 15 is 0 Å². The first-order valence-corrected chi connectivity index (χ1v) is 10.3. The summed E-state index contributed by atoms with van der Waals surface area (Å²) < 4.78 is 5.78. The number of hydrogen-bond acceptors (Lipinski definition) is 5. The molecule has 9 heteroatoms. The summed E-state index contributed by atoms with van der Waals surface area (Å²) >= 11 is 1.79. The number of rotatable bonds is 6. The Bertz CT molecular complexity index is 792. The van der Waals surface area contributed by atoms with Gasteiger partial charge < -0.3 is 25.2 Å². The highest BCUT2D eigenvalue weighted by atomic mass is 127. The van der Waals surface area contributed by atoms with Gasteiger partial charge in [0.25, 0.3) is 0 Å². The average molecular weight is 529 g/mol. The number of thiophene rings is 1. The van der Waals surface area contributed by atoms with E-state index in [1.807, 2.05) is 31.3 Å². The lowest BCUT2D eigenvalue weighted by Gasteiger charge is -2.37. The second-order valence-electron chi connectivity index (χ2n) is 6.46. The molecule has 0 unspecified atom stereocenters. The minimum absolute atomic E-state index is 0. The SMILES string of the molecule is CN=C(NCCOc1cccc(NC(C)=O)c1)N1CCN(c2cccs2)CC1.I. The molecular formula is C20H28IN5O2S. The van der Waals surface area contributed by atoms with Gasteiger partial charge in [0.2, 0.25) is 5.91 Å². The van der Waals surface area contributed by atoms with Gasteiger partial charge in [0.05, 0.1) is 11.5 Å². The minimum atomic E-state index is -0.0956. The van der Waals surface area contributed by atoms with Gasteiger partial charge in [-0.1, -0.05) is 6.07 Å². The van der Waals surface area contributed by atoms with Crippen molar-refractivity contribution in [2.75, 3.05) is 56.6 Å². The van der Waals surface area contributed by atoms with Crippen LogP contribution in [-0.4, -0.2) is 63.1 Å². The smallest absolute Gasteiger partial charge is 0.221 e. The number of carbonyl (C=O) groups is 1. The molecule has 29 heavy (non-hydrogen) atoms. The van der Waals surface area contributed by atoms with Crippen molar-refractivity contribution in [1.82, 2.24) is 10.2 Å². The van der Waals surface area contributed by atoms with E-state index in [1.54, 1.807) is 11.3 Å². The number of benzene rings is 1. The Morgan fingerprint density at radius 2 is 2.00 bits per heavy atom. The van der Waals surface area contributed by atoms with Crippen LogP contribution in [0.4, 0.5) is 10.7 Å². The third kappa shape index (κ3) is 7.07. The second-order valence-corrected chi connectivity index (χ2v) is 7.38. The molecule has 0 saturated carbocycles. The highest BCUT2D eigenvalue weighted by Gasteiger charge is 2.20. The summed E-state index contributed by atoms with van der Waals surface area (Å²) in [5, 5.41) is 9.58. The van der Waals surface area contributed by atoms with Gasteiger partial charge in [-0.05, 0) is 29.6 Å². The first kappa shape index (κ1) is 23.3. The molecule has 0 radical (unpaired) electrons. The third-order valence-corrected chi connectivity index (χ3v) is 5.35. The number of nitrogens with zero attached hydrogens (tertiary/aromatic N) is 3. The predicted octanol–water partition coefficient (Wildman–Crippen LogP) is 3.10. The van der Waals surface area contributed by atoms with Crippen molar-refractivity contribution in [2.45, 2.75) is 6.92 Å². The largest absolute Gasteiger partial charge is 0.492 e. The summed E-state index contributed by atoms with van der Waals surface area (Å²) in [7, 11) is 1.81. The van der Waals surface area contributed by atoms with Gasteiger partial charge in [-0.15, -0.1) is 35.3 Å². The van der Waals surface area contributed by atoms with E-state index in [9.17, 15) is 4.79 Å². The maximum atomic E-state index is 11.1. The van der Waals surface area contributed by atoms with Crippen LogP contribution in [0.5, 0.6) is 5.75 Å². The lowest BCUT2D eigenvalue weighted by molar-refractivity contribution is -0.114. The van der Waals surface area contributed by atoms with Crippen molar-refractivity contribution in [3.8, 4) is 5.75 Å². The number of hydrogen-bond donors (Lipinski definition) is 2. The van der Waals surface area contributed by atoms with E-state index in [-0.39, 0.29) is 29.9 Å². The zero-order valence-electron chi connectivity index (χ0n) is 16.8. The fourth-order valence-corrected chi connectivity index (χ4v) is 3.90. The van der Waals surface area contributed by atoms with E-state index in [1.165, 1.54) is 11.9 Å². The average Bonchev–Trinajstić information content (AvgIpc) is 3.23. The third-order valence-electron chi connectivity index (χ3n) is 4.42. The summed E-state index contributed by atoms with van der Waals surface area (Å²) in [5.74, 6) is 1.54. The normalized spacial score (nSPS) is 14.2. The molecule has 1 aliphatic rings. The lowest BCUT2D eigenvalue weighted by Crippen LogP contribution is -2.52. The predicted molar refractivity (Wildman–Crippen MR) is 131 cm³/mol. The molecule has 158 valence electrons. The molecule has 2 aromatic rings. The van der Waals surface area contributed by atoms with Crippen molar-refractivity contribution in [1.29, 1.82) is 0 Å². The van der Waals surface area contributed by atoms with E-state index in [0.717, 1.165) is 43.6 Å². The van der Waals surface area contributed by atoms with Crippen molar-refractivity contribution >= 4 is 57.9 Å². The highest BCUT2D eigenvalue weighted by Crippen LogP contribution is 2.22. The van der Waals surface area contributed by atoms with Crippen LogP contribution in [0.3, 0.4) is 0 Å². The van der Waals surface area contributed by atoms with Crippen LogP contribution in [0.2, 0.25) is 0 Å². The zero-order chi connectivity index (χ0) is 19.8. The molecule has 2 heterocycles. The van der Waals surface area contributed by atoms with Gasteiger partial charge in [0.1, 0.15) is 12.4 Å². The van der Waals surface area contributed by atoms with Gasteiger partial charge in [-0.3, -0.25) is 9.79 Å². The summed E-state index contributed by atoms with van der Waals surface area (Å²) in [4.78, 5) is 20.2. The van der Waals surface area contributed by atoms with E-state index < -0.39 is 0 Å². The van der Waals surface area contributed by atoms with Gasteiger partial charge >= 0.3 is 0 Å². The van der Waals surface area contributed by atoms with Crippen LogP contribution in [0, 0.1) is 0 Å². The molecule has 1 amide bonds. The van der Waals surface area contributed by atoms with Crippen LogP contribution in [-0.2, 0) is 4.79 Å². The number of guanidine groups is 1. The topological polar surface area (TPSA) is 69.2 Å². The molecule has 1 aromatic heterocycles. The number of halogens is 1. The van der Waals surface area contributed by atoms with Crippen LogP contribution >= 0.6 is 35.3 Å². The van der Waals surface area contributed by atoms with Crippen LogP contribution in [0.1, 0.15) is 6.92 Å². The Morgan fingerprint density at radius 1 is 1.21 bits per heavy atom. The number of anilines is 2. The summed E-state index contributed by atoms with van der Waals surface area (Å²) in [5.41, 5.74) is 0.734. The fraction of sp³-hybridized carbons (Fsp3) is 0.400. The molecule has 7 nitrogen and oxygen atoms in total. The number of piperazine rings is 1. The Hall–Kier alpha value is -2.01. The summed E-state index contributed by atoms with van der Waals surface area (Å²) in [6, 6.07) is 11.7. The van der Waals surface area contributed by atoms with E-state index in [0.29, 0.717) is 13.2 Å². The van der Waals surface area contributed by atoms with Crippen molar-refractivity contribution in [3.05, 3.63) is 41.8 Å². The van der Waals surface area contributed by atoms with Gasteiger partial charge in [0, 0.05) is 51.9 Å². The summed E-state index contributed by atoms with van der Waals surface area (Å²) in [6.45, 7) is 6.53. The Kier molecular flexibility index (Phi) is 9.52. The minimum Gasteiger partial charge on any atom is -0.492 e. The number of aliphatic imine (C=N–C) groups is 1. The number of ether oxygens (including phenoxy) is 1. The molecule has 1 fully saturated rings. The molecule has 0 bridgehead atoms. The van der Waals surface area contributed by atoms with Gasteiger partial charge in [-0.25, -0.2) is 0 Å². The molecule has 0 aliphatic carbocycles. The highest BCUT2D eigenvalue weighted by molar-refractivity contribution is 14.0. The van der Waals surface area contributed by atoms with Crippen LogP contribution < -0.4 is 20.3 Å². The van der Waals surface area contributed by atoms with Gasteiger partial charge in [-0.2, -0.15) is 0 Å². The fourth-order valence-electron chi connectivity index (χ4n) is 3.12. The number of carbonyl (C=O) groups excluding carboxylic acids is 1. The van der Waals surface area contributed by atoms with Crippen molar-refractivity contribution in [2.24, 2.45) is 4.99 Å². The monoisotopic (exact) mass is 529 g/mol. The van der Waals surface area contributed by atoms with Crippen molar-refractivity contribution in [3.63, 3.8) is 0 Å². The molecular weight excluding hydrogens is 501 g/mol.